The molecule has 0 aromatic heterocycles. The minimum absolute atomic E-state index is 0.100. The number of nitrogens with one attached hydrogen (secondary N) is 1. The fraction of sp³-hybridized carbons (Fsp3) is 0.462. The zero-order chi connectivity index (χ0) is 15.8. The standard InChI is InChI=1S/C13H18BrN3O3S/c1-8(7-15)17(2)21(19,20)12-6-11-9(5-10(12)14)3-4-13(18)16-11/h5-6,8H,3-4,7,15H2,1-2H3,(H,16,18). The van der Waals surface area contributed by atoms with Gasteiger partial charge in [-0.2, -0.15) is 4.31 Å². The molecule has 8 heteroatoms. The lowest BCUT2D eigenvalue weighted by Crippen LogP contribution is -2.39. The van der Waals surface area contributed by atoms with E-state index in [1.165, 1.54) is 17.4 Å². The molecule has 0 spiro atoms. The molecule has 3 N–H and O–H groups in total. The zero-order valence-electron chi connectivity index (χ0n) is 11.9. The average Bonchev–Trinajstić information content (AvgIpc) is 2.45. The van der Waals surface area contributed by atoms with Gasteiger partial charge in [-0.25, -0.2) is 8.42 Å². The monoisotopic (exact) mass is 375 g/mol. The van der Waals surface area contributed by atoms with Crippen LogP contribution in [0.15, 0.2) is 21.5 Å². The quantitative estimate of drug-likeness (QED) is 0.829. The summed E-state index contributed by atoms with van der Waals surface area (Å²) in [5, 5.41) is 2.71. The smallest absolute Gasteiger partial charge is 0.244 e. The lowest BCUT2D eigenvalue weighted by atomic mass is 10.0. The van der Waals surface area contributed by atoms with Crippen LogP contribution >= 0.6 is 15.9 Å². The van der Waals surface area contributed by atoms with Crippen molar-refractivity contribution >= 4 is 37.5 Å². The van der Waals surface area contributed by atoms with Crippen molar-refractivity contribution < 1.29 is 13.2 Å². The van der Waals surface area contributed by atoms with E-state index in [1.54, 1.807) is 13.0 Å². The Morgan fingerprint density at radius 3 is 2.71 bits per heavy atom. The summed E-state index contributed by atoms with van der Waals surface area (Å²) < 4.78 is 27.0. The van der Waals surface area contributed by atoms with Gasteiger partial charge in [0.25, 0.3) is 0 Å². The topological polar surface area (TPSA) is 92.5 Å². The molecule has 1 aromatic rings. The van der Waals surface area contributed by atoms with Gasteiger partial charge in [0, 0.05) is 36.2 Å². The molecular weight excluding hydrogens is 358 g/mol. The summed E-state index contributed by atoms with van der Waals surface area (Å²) in [6.45, 7) is 1.97. The summed E-state index contributed by atoms with van der Waals surface area (Å²) in [5.41, 5.74) is 7.02. The second-order valence-corrected chi connectivity index (χ2v) is 7.91. The van der Waals surface area contributed by atoms with E-state index in [-0.39, 0.29) is 23.4 Å². The minimum Gasteiger partial charge on any atom is -0.329 e. The Morgan fingerprint density at radius 1 is 1.43 bits per heavy atom. The van der Waals surface area contributed by atoms with Crippen LogP contribution in [-0.4, -0.2) is 38.3 Å². The van der Waals surface area contributed by atoms with Crippen LogP contribution in [0, 0.1) is 0 Å². The van der Waals surface area contributed by atoms with E-state index in [9.17, 15) is 13.2 Å². The first-order valence-electron chi connectivity index (χ1n) is 6.57. The third kappa shape index (κ3) is 3.13. The zero-order valence-corrected chi connectivity index (χ0v) is 14.3. The summed E-state index contributed by atoms with van der Waals surface area (Å²) in [5.74, 6) is -0.100. The van der Waals surface area contributed by atoms with Crippen molar-refractivity contribution in [2.24, 2.45) is 5.73 Å². The maximum atomic E-state index is 12.6. The average molecular weight is 376 g/mol. The molecule has 1 aromatic carbocycles. The molecule has 1 atom stereocenters. The van der Waals surface area contributed by atoms with Crippen LogP contribution in [0.5, 0.6) is 0 Å². The number of fused-ring (bicyclic) bond motifs is 1. The summed E-state index contributed by atoms with van der Waals surface area (Å²) in [4.78, 5) is 11.6. The third-order valence-corrected chi connectivity index (χ3v) is 6.60. The number of nitrogens with two attached hydrogens (primary N) is 1. The minimum atomic E-state index is -3.68. The fourth-order valence-corrected chi connectivity index (χ4v) is 4.56. The van der Waals surface area contributed by atoms with Crippen molar-refractivity contribution in [3.8, 4) is 0 Å². The van der Waals surface area contributed by atoms with E-state index < -0.39 is 10.0 Å². The van der Waals surface area contributed by atoms with Crippen LogP contribution in [0.25, 0.3) is 0 Å². The highest BCUT2D eigenvalue weighted by atomic mass is 79.9. The lowest BCUT2D eigenvalue weighted by molar-refractivity contribution is -0.116. The summed E-state index contributed by atoms with van der Waals surface area (Å²) in [6, 6.07) is 2.95. The number of hydrogen-bond acceptors (Lipinski definition) is 4. The summed E-state index contributed by atoms with van der Waals surface area (Å²) in [6.07, 6.45) is 1.02. The first kappa shape index (κ1) is 16.4. The van der Waals surface area contributed by atoms with Crippen LogP contribution in [0.4, 0.5) is 5.69 Å². The molecule has 2 rings (SSSR count). The first-order valence-corrected chi connectivity index (χ1v) is 8.81. The van der Waals surface area contributed by atoms with Crippen LogP contribution < -0.4 is 11.1 Å². The number of halogens is 1. The fourth-order valence-electron chi connectivity index (χ4n) is 2.12. The van der Waals surface area contributed by atoms with Gasteiger partial charge in [-0.15, -0.1) is 0 Å². The molecule has 1 unspecified atom stereocenters. The van der Waals surface area contributed by atoms with Gasteiger partial charge < -0.3 is 11.1 Å². The molecule has 1 aliphatic rings. The highest BCUT2D eigenvalue weighted by Gasteiger charge is 2.28. The van der Waals surface area contributed by atoms with E-state index in [0.717, 1.165) is 5.56 Å². The molecule has 0 radical (unpaired) electrons. The van der Waals surface area contributed by atoms with Crippen LogP contribution in [0.3, 0.4) is 0 Å². The van der Waals surface area contributed by atoms with Crippen molar-refractivity contribution in [2.75, 3.05) is 18.9 Å². The van der Waals surface area contributed by atoms with Gasteiger partial charge >= 0.3 is 0 Å². The van der Waals surface area contributed by atoms with Crippen LogP contribution in [0.1, 0.15) is 18.9 Å². The number of rotatable bonds is 4. The van der Waals surface area contributed by atoms with E-state index in [0.29, 0.717) is 23.0 Å². The molecule has 0 aliphatic carbocycles. The Balaban J connectivity index is 2.49. The predicted octanol–water partition coefficient (Wildman–Crippen LogP) is 1.30. The normalized spacial score (nSPS) is 16.5. The maximum Gasteiger partial charge on any atom is 0.244 e. The molecule has 0 saturated carbocycles. The first-order chi connectivity index (χ1) is 9.77. The number of benzene rings is 1. The molecule has 6 nitrogen and oxygen atoms in total. The molecule has 0 saturated heterocycles. The molecule has 1 amide bonds. The van der Waals surface area contributed by atoms with Crippen molar-refractivity contribution in [2.45, 2.75) is 30.7 Å². The highest BCUT2D eigenvalue weighted by molar-refractivity contribution is 9.10. The molecule has 21 heavy (non-hydrogen) atoms. The Labute approximate surface area is 132 Å². The molecule has 0 fully saturated rings. The molecule has 1 heterocycles. The molecule has 0 bridgehead atoms. The van der Waals surface area contributed by atoms with E-state index in [1.807, 2.05) is 0 Å². The van der Waals surface area contributed by atoms with Gasteiger partial charge in [0.2, 0.25) is 15.9 Å². The van der Waals surface area contributed by atoms with Crippen molar-refractivity contribution in [1.29, 1.82) is 0 Å². The Morgan fingerprint density at radius 2 is 2.10 bits per heavy atom. The number of hydrogen-bond donors (Lipinski definition) is 2. The van der Waals surface area contributed by atoms with E-state index >= 15 is 0 Å². The largest absolute Gasteiger partial charge is 0.329 e. The summed E-state index contributed by atoms with van der Waals surface area (Å²) in [7, 11) is -2.18. The number of likely N-dealkylation sites (N-methyl/N-ethyl adjacent to an activating group) is 1. The van der Waals surface area contributed by atoms with Gasteiger partial charge in [0.1, 0.15) is 0 Å². The van der Waals surface area contributed by atoms with Crippen molar-refractivity contribution in [3.05, 3.63) is 22.2 Å². The number of nitrogens with zero attached hydrogens (tertiary/aromatic N) is 1. The number of anilines is 1. The van der Waals surface area contributed by atoms with E-state index in [2.05, 4.69) is 21.2 Å². The van der Waals surface area contributed by atoms with Gasteiger partial charge in [0.05, 0.1) is 4.90 Å². The van der Waals surface area contributed by atoms with Crippen LogP contribution in [-0.2, 0) is 21.2 Å². The summed E-state index contributed by atoms with van der Waals surface area (Å²) >= 11 is 3.32. The van der Waals surface area contributed by atoms with Gasteiger partial charge in [0.15, 0.2) is 0 Å². The van der Waals surface area contributed by atoms with Crippen molar-refractivity contribution in [1.82, 2.24) is 4.31 Å². The molecule has 116 valence electrons. The number of sulfonamides is 1. The van der Waals surface area contributed by atoms with Crippen molar-refractivity contribution in [3.63, 3.8) is 0 Å². The SMILES string of the molecule is CC(CN)N(C)S(=O)(=O)c1cc2c(cc1Br)CCC(=O)N2. The Bertz CT molecular complexity index is 675. The second kappa shape index (κ2) is 6.04. The Hall–Kier alpha value is -0.960. The second-order valence-electron chi connectivity index (χ2n) is 5.09. The lowest BCUT2D eigenvalue weighted by Gasteiger charge is -2.25. The third-order valence-electron chi connectivity index (χ3n) is 3.67. The van der Waals surface area contributed by atoms with Gasteiger partial charge in [-0.05, 0) is 47.0 Å². The van der Waals surface area contributed by atoms with Gasteiger partial charge in [-0.1, -0.05) is 0 Å². The molecule has 1 aliphatic heterocycles. The van der Waals surface area contributed by atoms with Crippen LogP contribution in [0.2, 0.25) is 0 Å². The highest BCUT2D eigenvalue weighted by Crippen LogP contribution is 2.33. The molecular formula is C13H18BrN3O3S. The van der Waals surface area contributed by atoms with E-state index in [4.69, 9.17) is 5.73 Å². The predicted molar refractivity (Wildman–Crippen MR) is 84.6 cm³/mol. The number of carbonyl (C=O) groups excluding carboxylic acids is 1. The van der Waals surface area contributed by atoms with Gasteiger partial charge in [-0.3, -0.25) is 4.79 Å². The number of aryl methyl sites for hydroxylation is 1. The maximum absolute atomic E-state index is 12.6. The number of carbonyl (C=O) groups is 1. The number of amides is 1. The Kier molecular flexibility index (Phi) is 4.72.